The lowest BCUT2D eigenvalue weighted by atomic mass is 10.1. The van der Waals surface area contributed by atoms with Crippen LogP contribution in [0.1, 0.15) is 24.8 Å². The normalized spacial score (nSPS) is 24.2. The van der Waals surface area contributed by atoms with E-state index in [4.69, 9.17) is 5.73 Å². The van der Waals surface area contributed by atoms with Crippen molar-refractivity contribution in [2.45, 2.75) is 25.3 Å². The largest absolute Gasteiger partial charge is 0.352 e. The summed E-state index contributed by atoms with van der Waals surface area (Å²) in [7, 11) is 0. The lowest BCUT2D eigenvalue weighted by Crippen LogP contribution is -2.35. The van der Waals surface area contributed by atoms with Crippen LogP contribution in [0, 0.1) is 11.7 Å². The monoisotopic (exact) mass is 236 g/mol. The first kappa shape index (κ1) is 12.0. The third-order valence-electron chi connectivity index (χ3n) is 3.20. The van der Waals surface area contributed by atoms with E-state index >= 15 is 0 Å². The Morgan fingerprint density at radius 1 is 1.65 bits per heavy atom. The highest BCUT2D eigenvalue weighted by atomic mass is 19.1. The second-order valence-electron chi connectivity index (χ2n) is 4.65. The average molecular weight is 236 g/mol. The van der Waals surface area contributed by atoms with Crippen LogP contribution in [0.4, 0.5) is 4.39 Å². The van der Waals surface area contributed by atoms with E-state index in [-0.39, 0.29) is 29.6 Å². The minimum absolute atomic E-state index is 0.0172. The van der Waals surface area contributed by atoms with E-state index in [9.17, 15) is 9.18 Å². The number of nitrogens with one attached hydrogen (secondary N) is 1. The summed E-state index contributed by atoms with van der Waals surface area (Å²) >= 11 is 0. The molecule has 3 unspecified atom stereocenters. The highest BCUT2D eigenvalue weighted by Gasteiger charge is 2.39. The fraction of sp³-hybridized carbons (Fsp3) is 0.462. The molecule has 0 spiro atoms. The zero-order valence-corrected chi connectivity index (χ0v) is 9.82. The average Bonchev–Trinajstić information content (AvgIpc) is 3.07. The van der Waals surface area contributed by atoms with Crippen LogP contribution >= 0.6 is 0 Å². The van der Waals surface area contributed by atoms with Crippen molar-refractivity contribution in [2.75, 3.05) is 6.54 Å². The first-order chi connectivity index (χ1) is 8.11. The fourth-order valence-electron chi connectivity index (χ4n) is 1.89. The summed E-state index contributed by atoms with van der Waals surface area (Å²) < 4.78 is 13.0. The first-order valence-corrected chi connectivity index (χ1v) is 5.87. The highest BCUT2D eigenvalue weighted by Crippen LogP contribution is 2.40. The number of benzene rings is 1. The van der Waals surface area contributed by atoms with Gasteiger partial charge in [0.15, 0.2) is 0 Å². The van der Waals surface area contributed by atoms with Gasteiger partial charge in [-0.25, -0.2) is 4.39 Å². The molecule has 2 rings (SSSR count). The summed E-state index contributed by atoms with van der Waals surface area (Å²) in [6.07, 6.45) is 0.881. The predicted molar refractivity (Wildman–Crippen MR) is 63.9 cm³/mol. The van der Waals surface area contributed by atoms with Gasteiger partial charge >= 0.3 is 0 Å². The van der Waals surface area contributed by atoms with Gasteiger partial charge in [-0.3, -0.25) is 4.79 Å². The van der Waals surface area contributed by atoms with Crippen LogP contribution in [0.2, 0.25) is 0 Å². The summed E-state index contributed by atoms with van der Waals surface area (Å²) in [5.41, 5.74) is 6.38. The van der Waals surface area contributed by atoms with Gasteiger partial charge in [0.05, 0.1) is 0 Å². The molecule has 3 N–H and O–H groups in total. The minimum atomic E-state index is -0.227. The molecule has 0 saturated heterocycles. The summed E-state index contributed by atoms with van der Waals surface area (Å²) in [6, 6.07) is 6.69. The van der Waals surface area contributed by atoms with Gasteiger partial charge in [-0.05, 0) is 24.1 Å². The molecule has 1 aromatic carbocycles. The molecule has 0 aliphatic heterocycles. The maximum Gasteiger partial charge on any atom is 0.224 e. The van der Waals surface area contributed by atoms with E-state index in [1.165, 1.54) is 12.1 Å². The van der Waals surface area contributed by atoms with Gasteiger partial charge in [0, 0.05) is 24.4 Å². The fourth-order valence-corrected chi connectivity index (χ4v) is 1.89. The molecular formula is C13H17FN2O. The standard InChI is InChI=1S/C13H17FN2O/c1-8(7-15)13(17)16-12-6-11(12)9-3-2-4-10(14)5-9/h2-5,8,11-12H,6-7,15H2,1H3,(H,16,17). The van der Waals surface area contributed by atoms with Crippen LogP contribution in [0.15, 0.2) is 24.3 Å². The number of rotatable bonds is 4. The third-order valence-corrected chi connectivity index (χ3v) is 3.20. The molecule has 1 amide bonds. The molecule has 17 heavy (non-hydrogen) atoms. The van der Waals surface area contributed by atoms with Crippen molar-refractivity contribution in [3.8, 4) is 0 Å². The number of hydrogen-bond donors (Lipinski definition) is 2. The Hall–Kier alpha value is -1.42. The van der Waals surface area contributed by atoms with E-state index < -0.39 is 0 Å². The molecule has 0 bridgehead atoms. The Bertz CT molecular complexity index is 422. The number of nitrogens with two attached hydrogens (primary N) is 1. The van der Waals surface area contributed by atoms with Crippen LogP contribution in [0.25, 0.3) is 0 Å². The van der Waals surface area contributed by atoms with Crippen LogP contribution in [-0.4, -0.2) is 18.5 Å². The zero-order valence-electron chi connectivity index (χ0n) is 9.82. The van der Waals surface area contributed by atoms with Crippen molar-refractivity contribution >= 4 is 5.91 Å². The molecule has 1 fully saturated rings. The molecule has 1 aliphatic carbocycles. The summed E-state index contributed by atoms with van der Waals surface area (Å²) in [5, 5.41) is 2.93. The van der Waals surface area contributed by atoms with Crippen LogP contribution < -0.4 is 11.1 Å². The molecule has 1 saturated carbocycles. The topological polar surface area (TPSA) is 55.1 Å². The number of carbonyl (C=O) groups excluding carboxylic acids is 1. The number of carbonyl (C=O) groups is 1. The van der Waals surface area contributed by atoms with Gasteiger partial charge in [0.25, 0.3) is 0 Å². The van der Waals surface area contributed by atoms with Gasteiger partial charge in [-0.2, -0.15) is 0 Å². The second kappa shape index (κ2) is 4.84. The van der Waals surface area contributed by atoms with E-state index in [0.717, 1.165) is 12.0 Å². The van der Waals surface area contributed by atoms with Gasteiger partial charge in [0.2, 0.25) is 5.91 Å². The van der Waals surface area contributed by atoms with Crippen molar-refractivity contribution < 1.29 is 9.18 Å². The van der Waals surface area contributed by atoms with Crippen molar-refractivity contribution in [1.29, 1.82) is 0 Å². The number of amides is 1. The molecular weight excluding hydrogens is 219 g/mol. The molecule has 3 nitrogen and oxygen atoms in total. The molecule has 1 aliphatic rings. The number of halogens is 1. The lowest BCUT2D eigenvalue weighted by molar-refractivity contribution is -0.124. The Labute approximate surface area is 100 Å². The predicted octanol–water partition coefficient (Wildman–Crippen LogP) is 1.39. The molecule has 92 valence electrons. The van der Waals surface area contributed by atoms with E-state index in [1.54, 1.807) is 13.0 Å². The second-order valence-corrected chi connectivity index (χ2v) is 4.65. The Kier molecular flexibility index (Phi) is 3.43. The molecule has 4 heteroatoms. The maximum absolute atomic E-state index is 13.0. The van der Waals surface area contributed by atoms with E-state index in [2.05, 4.69) is 5.32 Å². The lowest BCUT2D eigenvalue weighted by Gasteiger charge is -2.09. The highest BCUT2D eigenvalue weighted by molar-refractivity contribution is 5.79. The van der Waals surface area contributed by atoms with Crippen molar-refractivity contribution in [1.82, 2.24) is 5.32 Å². The maximum atomic E-state index is 13.0. The zero-order chi connectivity index (χ0) is 12.4. The van der Waals surface area contributed by atoms with E-state index in [0.29, 0.717) is 6.54 Å². The molecule has 1 aromatic rings. The van der Waals surface area contributed by atoms with Crippen molar-refractivity contribution in [3.05, 3.63) is 35.6 Å². The van der Waals surface area contributed by atoms with Crippen LogP contribution in [0.5, 0.6) is 0 Å². The summed E-state index contributed by atoms with van der Waals surface area (Å²) in [4.78, 5) is 11.6. The van der Waals surface area contributed by atoms with Gasteiger partial charge < -0.3 is 11.1 Å². The van der Waals surface area contributed by atoms with Gasteiger partial charge in [-0.1, -0.05) is 19.1 Å². The van der Waals surface area contributed by atoms with Gasteiger partial charge in [0.1, 0.15) is 5.82 Å². The van der Waals surface area contributed by atoms with Gasteiger partial charge in [-0.15, -0.1) is 0 Å². The quantitative estimate of drug-likeness (QED) is 0.830. The third kappa shape index (κ3) is 2.82. The van der Waals surface area contributed by atoms with Crippen LogP contribution in [-0.2, 0) is 4.79 Å². The summed E-state index contributed by atoms with van der Waals surface area (Å²) in [6.45, 7) is 2.15. The Balaban J connectivity index is 1.91. The van der Waals surface area contributed by atoms with Crippen molar-refractivity contribution in [3.63, 3.8) is 0 Å². The Morgan fingerprint density at radius 3 is 3.06 bits per heavy atom. The van der Waals surface area contributed by atoms with Crippen molar-refractivity contribution in [2.24, 2.45) is 11.7 Å². The smallest absolute Gasteiger partial charge is 0.224 e. The molecule has 0 aromatic heterocycles. The minimum Gasteiger partial charge on any atom is -0.352 e. The Morgan fingerprint density at radius 2 is 2.41 bits per heavy atom. The molecule has 3 atom stereocenters. The van der Waals surface area contributed by atoms with E-state index in [1.807, 2.05) is 6.07 Å². The SMILES string of the molecule is CC(CN)C(=O)NC1CC1c1cccc(F)c1. The molecule has 0 radical (unpaired) electrons. The summed E-state index contributed by atoms with van der Waals surface area (Å²) in [5.74, 6) is -0.158. The van der Waals surface area contributed by atoms with Crippen LogP contribution in [0.3, 0.4) is 0 Å². The molecule has 0 heterocycles. The number of hydrogen-bond acceptors (Lipinski definition) is 2. The first-order valence-electron chi connectivity index (χ1n) is 5.87.